The van der Waals surface area contributed by atoms with Crippen molar-refractivity contribution in [1.29, 1.82) is 0 Å². The van der Waals surface area contributed by atoms with Crippen LogP contribution in [-0.2, 0) is 0 Å². The van der Waals surface area contributed by atoms with Gasteiger partial charge in [-0.25, -0.2) is 0 Å². The summed E-state index contributed by atoms with van der Waals surface area (Å²) in [4.78, 5) is 6.27. The van der Waals surface area contributed by atoms with Crippen molar-refractivity contribution in [3.8, 4) is 5.75 Å². The van der Waals surface area contributed by atoms with E-state index in [1.807, 2.05) is 48.3 Å². The second kappa shape index (κ2) is 5.71. The molecule has 0 spiro atoms. The van der Waals surface area contributed by atoms with Gasteiger partial charge in [-0.1, -0.05) is 0 Å². The number of anilines is 2. The normalized spacial score (nSPS) is 12.0. The van der Waals surface area contributed by atoms with E-state index in [4.69, 9.17) is 4.74 Å². The summed E-state index contributed by atoms with van der Waals surface area (Å²) in [6.45, 7) is 1.70. The molecule has 1 heterocycles. The summed E-state index contributed by atoms with van der Waals surface area (Å²) in [6, 6.07) is 11.6. The van der Waals surface area contributed by atoms with Crippen LogP contribution in [0.25, 0.3) is 0 Å². The number of pyridine rings is 1. The minimum absolute atomic E-state index is 0.541. The van der Waals surface area contributed by atoms with Crippen LogP contribution in [0.2, 0.25) is 0 Å². The van der Waals surface area contributed by atoms with Crippen LogP contribution in [0.1, 0.15) is 18.7 Å². The monoisotopic (exact) mass is 258 g/mol. The van der Waals surface area contributed by atoms with Gasteiger partial charge in [0, 0.05) is 12.7 Å². The largest absolute Gasteiger partial charge is 0.497 e. The molecule has 19 heavy (non-hydrogen) atoms. The van der Waals surface area contributed by atoms with Crippen LogP contribution in [0.3, 0.4) is 0 Å². The molecule has 0 saturated heterocycles. The Morgan fingerprint density at radius 3 is 2.21 bits per heavy atom. The van der Waals surface area contributed by atoms with Gasteiger partial charge < -0.3 is 14.7 Å². The zero-order valence-electron chi connectivity index (χ0n) is 11.4. The molecule has 1 aromatic carbocycles. The molecule has 0 saturated carbocycles. The summed E-state index contributed by atoms with van der Waals surface area (Å²) in [5.41, 5.74) is 2.69. The molecule has 4 nitrogen and oxygen atoms in total. The highest BCUT2D eigenvalue weighted by Crippen LogP contribution is 2.25. The predicted octanol–water partition coefficient (Wildman–Crippen LogP) is 2.91. The fourth-order valence-corrected chi connectivity index (χ4v) is 1.80. The predicted molar refractivity (Wildman–Crippen MR) is 75.9 cm³/mol. The standard InChI is InChI=1S/C15H18N2O2/c1-11(18)15-9-6-13(10-16-15)17(2)12-4-7-14(19-3)8-5-12/h4-11,18H,1-3H3. The number of hydrogen-bond acceptors (Lipinski definition) is 4. The highest BCUT2D eigenvalue weighted by atomic mass is 16.5. The van der Waals surface area contributed by atoms with E-state index in [1.54, 1.807) is 20.2 Å². The van der Waals surface area contributed by atoms with E-state index in [0.29, 0.717) is 5.69 Å². The zero-order chi connectivity index (χ0) is 13.8. The molecule has 2 rings (SSSR count). The molecule has 0 aliphatic rings. The first kappa shape index (κ1) is 13.4. The van der Waals surface area contributed by atoms with Crippen molar-refractivity contribution < 1.29 is 9.84 Å². The van der Waals surface area contributed by atoms with E-state index in [0.717, 1.165) is 17.1 Å². The van der Waals surface area contributed by atoms with Crippen LogP contribution in [0.15, 0.2) is 42.6 Å². The second-order valence-corrected chi connectivity index (χ2v) is 4.37. The van der Waals surface area contributed by atoms with E-state index in [2.05, 4.69) is 4.98 Å². The Balaban J connectivity index is 2.20. The smallest absolute Gasteiger partial charge is 0.119 e. The lowest BCUT2D eigenvalue weighted by molar-refractivity contribution is 0.194. The highest BCUT2D eigenvalue weighted by molar-refractivity contribution is 5.62. The Labute approximate surface area is 113 Å². The van der Waals surface area contributed by atoms with Gasteiger partial charge in [-0.15, -0.1) is 0 Å². The molecule has 0 aliphatic carbocycles. The number of aliphatic hydroxyl groups excluding tert-OH is 1. The Bertz CT molecular complexity index is 521. The Morgan fingerprint density at radius 2 is 1.74 bits per heavy atom. The Hall–Kier alpha value is -2.07. The number of ether oxygens (including phenoxy) is 1. The summed E-state index contributed by atoms with van der Waals surface area (Å²) < 4.78 is 5.14. The van der Waals surface area contributed by atoms with E-state index in [1.165, 1.54) is 0 Å². The van der Waals surface area contributed by atoms with E-state index >= 15 is 0 Å². The average molecular weight is 258 g/mol. The molecule has 100 valence electrons. The van der Waals surface area contributed by atoms with Crippen molar-refractivity contribution in [2.45, 2.75) is 13.0 Å². The number of nitrogens with zero attached hydrogens (tertiary/aromatic N) is 2. The van der Waals surface area contributed by atoms with E-state index in [9.17, 15) is 5.11 Å². The fraction of sp³-hybridized carbons (Fsp3) is 0.267. The molecule has 1 aromatic heterocycles. The van der Waals surface area contributed by atoms with Crippen LogP contribution in [-0.4, -0.2) is 24.2 Å². The molecule has 4 heteroatoms. The molecule has 1 N–H and O–H groups in total. The van der Waals surface area contributed by atoms with Gasteiger partial charge in [-0.2, -0.15) is 0 Å². The lowest BCUT2D eigenvalue weighted by Gasteiger charge is -2.19. The van der Waals surface area contributed by atoms with Crippen molar-refractivity contribution >= 4 is 11.4 Å². The number of methoxy groups -OCH3 is 1. The van der Waals surface area contributed by atoms with Crippen LogP contribution < -0.4 is 9.64 Å². The number of benzene rings is 1. The van der Waals surface area contributed by atoms with Crippen LogP contribution in [0.5, 0.6) is 5.75 Å². The summed E-state index contributed by atoms with van der Waals surface area (Å²) in [6.07, 6.45) is 1.21. The number of aliphatic hydroxyl groups is 1. The lowest BCUT2D eigenvalue weighted by Crippen LogP contribution is -2.10. The SMILES string of the molecule is COc1ccc(N(C)c2ccc(C(C)O)nc2)cc1. The highest BCUT2D eigenvalue weighted by Gasteiger charge is 2.06. The van der Waals surface area contributed by atoms with Crippen molar-refractivity contribution in [3.05, 3.63) is 48.3 Å². The van der Waals surface area contributed by atoms with Gasteiger partial charge in [0.1, 0.15) is 5.75 Å². The molecular formula is C15H18N2O2. The van der Waals surface area contributed by atoms with Crippen molar-refractivity contribution in [3.63, 3.8) is 0 Å². The molecule has 0 radical (unpaired) electrons. The Morgan fingerprint density at radius 1 is 1.11 bits per heavy atom. The molecular weight excluding hydrogens is 240 g/mol. The van der Waals surface area contributed by atoms with Gasteiger partial charge in [-0.05, 0) is 43.3 Å². The van der Waals surface area contributed by atoms with Crippen LogP contribution in [0.4, 0.5) is 11.4 Å². The maximum Gasteiger partial charge on any atom is 0.119 e. The number of aromatic nitrogens is 1. The minimum Gasteiger partial charge on any atom is -0.497 e. The third kappa shape index (κ3) is 3.03. The maximum atomic E-state index is 9.44. The van der Waals surface area contributed by atoms with Crippen LogP contribution >= 0.6 is 0 Å². The number of hydrogen-bond donors (Lipinski definition) is 1. The molecule has 0 aliphatic heterocycles. The summed E-state index contributed by atoms with van der Waals surface area (Å²) in [5, 5.41) is 9.44. The molecule has 0 fully saturated rings. The van der Waals surface area contributed by atoms with Gasteiger partial charge in [0.05, 0.1) is 30.8 Å². The third-order valence-electron chi connectivity index (χ3n) is 3.05. The third-order valence-corrected chi connectivity index (χ3v) is 3.05. The second-order valence-electron chi connectivity index (χ2n) is 4.37. The minimum atomic E-state index is -0.541. The molecule has 1 unspecified atom stereocenters. The lowest BCUT2D eigenvalue weighted by atomic mass is 10.2. The summed E-state index contributed by atoms with van der Waals surface area (Å²) in [7, 11) is 3.62. The zero-order valence-corrected chi connectivity index (χ0v) is 11.4. The summed E-state index contributed by atoms with van der Waals surface area (Å²) in [5.74, 6) is 0.833. The Kier molecular flexibility index (Phi) is 4.02. The van der Waals surface area contributed by atoms with E-state index in [-0.39, 0.29) is 0 Å². The number of rotatable bonds is 4. The average Bonchev–Trinajstić information content (AvgIpc) is 2.46. The molecule has 2 aromatic rings. The van der Waals surface area contributed by atoms with Gasteiger partial charge >= 0.3 is 0 Å². The first-order valence-electron chi connectivity index (χ1n) is 6.13. The van der Waals surface area contributed by atoms with Crippen molar-refractivity contribution in [2.24, 2.45) is 0 Å². The van der Waals surface area contributed by atoms with Crippen LogP contribution in [0, 0.1) is 0 Å². The first-order chi connectivity index (χ1) is 9.11. The first-order valence-corrected chi connectivity index (χ1v) is 6.13. The quantitative estimate of drug-likeness (QED) is 0.916. The van der Waals surface area contributed by atoms with Gasteiger partial charge in [-0.3, -0.25) is 4.98 Å². The fourth-order valence-electron chi connectivity index (χ4n) is 1.80. The molecule has 0 bridgehead atoms. The van der Waals surface area contributed by atoms with Crippen molar-refractivity contribution in [2.75, 3.05) is 19.1 Å². The topological polar surface area (TPSA) is 45.6 Å². The molecule has 0 amide bonds. The van der Waals surface area contributed by atoms with Gasteiger partial charge in [0.15, 0.2) is 0 Å². The molecule has 1 atom stereocenters. The van der Waals surface area contributed by atoms with Gasteiger partial charge in [0.25, 0.3) is 0 Å². The maximum absolute atomic E-state index is 9.44. The summed E-state index contributed by atoms with van der Waals surface area (Å²) >= 11 is 0. The van der Waals surface area contributed by atoms with Crippen molar-refractivity contribution in [1.82, 2.24) is 4.98 Å². The van der Waals surface area contributed by atoms with Gasteiger partial charge in [0.2, 0.25) is 0 Å². The van der Waals surface area contributed by atoms with E-state index < -0.39 is 6.10 Å².